The average molecular weight is 209 g/mol. The van der Waals surface area contributed by atoms with Gasteiger partial charge in [0.1, 0.15) is 6.33 Å². The van der Waals surface area contributed by atoms with Crippen LogP contribution in [-0.2, 0) is 13.6 Å². The van der Waals surface area contributed by atoms with Gasteiger partial charge in [-0.3, -0.25) is 4.68 Å². The topological polar surface area (TPSA) is 68.8 Å². The molecular weight excluding hydrogens is 190 g/mol. The third kappa shape index (κ3) is 3.00. The number of hydrogen-bond donors (Lipinski definition) is 2. The molecule has 1 saturated carbocycles. The normalized spacial score (nSPS) is 26.8. The van der Waals surface area contributed by atoms with Crippen molar-refractivity contribution in [2.24, 2.45) is 12.8 Å². The number of hydrogen-bond acceptors (Lipinski definition) is 4. The number of nitrogens with one attached hydrogen (secondary N) is 1. The van der Waals surface area contributed by atoms with E-state index in [2.05, 4.69) is 15.4 Å². The largest absolute Gasteiger partial charge is 0.328 e. The van der Waals surface area contributed by atoms with Crippen molar-refractivity contribution in [1.29, 1.82) is 0 Å². The first-order chi connectivity index (χ1) is 7.24. The summed E-state index contributed by atoms with van der Waals surface area (Å²) in [4.78, 5) is 4.18. The van der Waals surface area contributed by atoms with E-state index in [1.165, 1.54) is 19.3 Å². The predicted molar refractivity (Wildman–Crippen MR) is 58.1 cm³/mol. The van der Waals surface area contributed by atoms with E-state index < -0.39 is 0 Å². The number of nitrogens with two attached hydrogens (primary N) is 1. The molecule has 1 aliphatic carbocycles. The molecule has 5 nitrogen and oxygen atoms in total. The third-order valence-electron chi connectivity index (χ3n) is 2.91. The Hall–Kier alpha value is -0.940. The molecule has 0 radical (unpaired) electrons. The van der Waals surface area contributed by atoms with Crippen molar-refractivity contribution >= 4 is 0 Å². The molecule has 5 heteroatoms. The maximum atomic E-state index is 5.92. The second kappa shape index (κ2) is 4.72. The molecule has 84 valence electrons. The zero-order chi connectivity index (χ0) is 10.7. The van der Waals surface area contributed by atoms with Gasteiger partial charge in [-0.05, 0) is 19.3 Å². The summed E-state index contributed by atoms with van der Waals surface area (Å²) in [5.41, 5.74) is 5.92. The Morgan fingerprint density at radius 2 is 2.47 bits per heavy atom. The molecule has 2 atom stereocenters. The molecule has 0 bridgehead atoms. The van der Waals surface area contributed by atoms with Crippen molar-refractivity contribution in [2.75, 3.05) is 0 Å². The van der Waals surface area contributed by atoms with E-state index in [9.17, 15) is 0 Å². The summed E-state index contributed by atoms with van der Waals surface area (Å²) < 4.78 is 1.73. The summed E-state index contributed by atoms with van der Waals surface area (Å²) in [5, 5.41) is 7.69. The van der Waals surface area contributed by atoms with Gasteiger partial charge in [-0.25, -0.2) is 4.98 Å². The molecule has 1 fully saturated rings. The van der Waals surface area contributed by atoms with E-state index in [1.54, 1.807) is 11.0 Å². The molecule has 0 aliphatic heterocycles. The molecule has 2 unspecified atom stereocenters. The minimum atomic E-state index is 0.368. The Morgan fingerprint density at radius 1 is 1.60 bits per heavy atom. The van der Waals surface area contributed by atoms with Crippen LogP contribution in [0.25, 0.3) is 0 Å². The lowest BCUT2D eigenvalue weighted by Crippen LogP contribution is -2.39. The smallest absolute Gasteiger partial charge is 0.164 e. The van der Waals surface area contributed by atoms with Crippen molar-refractivity contribution in [2.45, 2.75) is 44.3 Å². The molecule has 1 heterocycles. The fourth-order valence-corrected chi connectivity index (χ4v) is 2.11. The molecule has 1 aliphatic rings. The van der Waals surface area contributed by atoms with Crippen LogP contribution in [0.15, 0.2) is 6.33 Å². The second-order valence-corrected chi connectivity index (χ2v) is 4.34. The summed E-state index contributed by atoms with van der Waals surface area (Å²) >= 11 is 0. The SMILES string of the molecule is Cn1cnc(CNC2CCCC(N)C2)n1. The quantitative estimate of drug-likeness (QED) is 0.745. The minimum Gasteiger partial charge on any atom is -0.328 e. The van der Waals surface area contributed by atoms with E-state index in [1.807, 2.05) is 7.05 Å². The van der Waals surface area contributed by atoms with Crippen LogP contribution in [-0.4, -0.2) is 26.8 Å². The number of aromatic nitrogens is 3. The Labute approximate surface area is 90.1 Å². The summed E-state index contributed by atoms with van der Waals surface area (Å²) in [7, 11) is 1.88. The monoisotopic (exact) mass is 209 g/mol. The Bertz CT molecular complexity index is 309. The van der Waals surface area contributed by atoms with Crippen molar-refractivity contribution in [1.82, 2.24) is 20.1 Å². The van der Waals surface area contributed by atoms with Gasteiger partial charge in [0.05, 0.1) is 6.54 Å². The van der Waals surface area contributed by atoms with Gasteiger partial charge in [0.2, 0.25) is 0 Å². The van der Waals surface area contributed by atoms with Gasteiger partial charge >= 0.3 is 0 Å². The average Bonchev–Trinajstić information content (AvgIpc) is 2.62. The van der Waals surface area contributed by atoms with Gasteiger partial charge in [-0.15, -0.1) is 0 Å². The van der Waals surface area contributed by atoms with Crippen molar-refractivity contribution < 1.29 is 0 Å². The highest BCUT2D eigenvalue weighted by Gasteiger charge is 2.18. The standard InChI is InChI=1S/C10H19N5/c1-15-7-13-10(14-15)6-12-9-4-2-3-8(11)5-9/h7-9,12H,2-6,11H2,1H3. The van der Waals surface area contributed by atoms with Gasteiger partial charge in [-0.2, -0.15) is 5.10 Å². The minimum absolute atomic E-state index is 0.368. The second-order valence-electron chi connectivity index (χ2n) is 4.34. The Balaban J connectivity index is 1.77. The van der Waals surface area contributed by atoms with Gasteiger partial charge in [0, 0.05) is 19.1 Å². The third-order valence-corrected chi connectivity index (χ3v) is 2.91. The molecule has 0 amide bonds. The highest BCUT2D eigenvalue weighted by molar-refractivity contribution is 4.85. The first-order valence-corrected chi connectivity index (χ1v) is 5.57. The van der Waals surface area contributed by atoms with Crippen LogP contribution in [0.3, 0.4) is 0 Å². The number of aryl methyl sites for hydroxylation is 1. The lowest BCUT2D eigenvalue weighted by atomic mass is 9.92. The molecule has 1 aromatic rings. The molecule has 0 saturated heterocycles. The number of nitrogens with zero attached hydrogens (tertiary/aromatic N) is 3. The van der Waals surface area contributed by atoms with E-state index in [4.69, 9.17) is 5.73 Å². The maximum absolute atomic E-state index is 5.92. The van der Waals surface area contributed by atoms with Crippen LogP contribution in [0.4, 0.5) is 0 Å². The first-order valence-electron chi connectivity index (χ1n) is 5.57. The zero-order valence-corrected chi connectivity index (χ0v) is 9.19. The van der Waals surface area contributed by atoms with Gasteiger partial charge < -0.3 is 11.1 Å². The van der Waals surface area contributed by atoms with E-state index in [0.717, 1.165) is 18.8 Å². The van der Waals surface area contributed by atoms with Crippen molar-refractivity contribution in [3.63, 3.8) is 0 Å². The predicted octanol–water partition coefficient (Wildman–Crippen LogP) is 0.175. The van der Waals surface area contributed by atoms with Crippen molar-refractivity contribution in [3.05, 3.63) is 12.2 Å². The van der Waals surface area contributed by atoms with Crippen LogP contribution in [0.1, 0.15) is 31.5 Å². The maximum Gasteiger partial charge on any atom is 0.164 e. The Morgan fingerprint density at radius 3 is 3.13 bits per heavy atom. The van der Waals surface area contributed by atoms with E-state index >= 15 is 0 Å². The zero-order valence-electron chi connectivity index (χ0n) is 9.19. The van der Waals surface area contributed by atoms with E-state index in [0.29, 0.717) is 12.1 Å². The molecule has 3 N–H and O–H groups in total. The summed E-state index contributed by atoms with van der Waals surface area (Å²) in [6.45, 7) is 0.748. The van der Waals surface area contributed by atoms with Crippen molar-refractivity contribution in [3.8, 4) is 0 Å². The molecule has 0 aromatic carbocycles. The lowest BCUT2D eigenvalue weighted by molar-refractivity contribution is 0.336. The first kappa shape index (κ1) is 10.6. The fraction of sp³-hybridized carbons (Fsp3) is 0.800. The molecule has 1 aromatic heterocycles. The van der Waals surface area contributed by atoms with Crippen LogP contribution < -0.4 is 11.1 Å². The lowest BCUT2D eigenvalue weighted by Gasteiger charge is -2.27. The molecular formula is C10H19N5. The number of rotatable bonds is 3. The molecule has 15 heavy (non-hydrogen) atoms. The van der Waals surface area contributed by atoms with E-state index in [-0.39, 0.29) is 0 Å². The summed E-state index contributed by atoms with van der Waals surface area (Å²) in [6, 6.07) is 0.908. The fourth-order valence-electron chi connectivity index (χ4n) is 2.11. The van der Waals surface area contributed by atoms with Crippen LogP contribution in [0.2, 0.25) is 0 Å². The van der Waals surface area contributed by atoms with Crippen LogP contribution in [0.5, 0.6) is 0 Å². The van der Waals surface area contributed by atoms with Gasteiger partial charge in [0.15, 0.2) is 5.82 Å². The summed E-state index contributed by atoms with van der Waals surface area (Å²) in [6.07, 6.45) is 6.42. The highest BCUT2D eigenvalue weighted by atomic mass is 15.3. The van der Waals surface area contributed by atoms with Gasteiger partial charge in [0.25, 0.3) is 0 Å². The van der Waals surface area contributed by atoms with Crippen LogP contribution >= 0.6 is 0 Å². The van der Waals surface area contributed by atoms with Crippen LogP contribution in [0, 0.1) is 0 Å². The highest BCUT2D eigenvalue weighted by Crippen LogP contribution is 2.16. The van der Waals surface area contributed by atoms with Gasteiger partial charge in [-0.1, -0.05) is 6.42 Å². The molecule has 2 rings (SSSR count). The summed E-state index contributed by atoms with van der Waals surface area (Å²) in [5.74, 6) is 0.858. The Kier molecular flexibility index (Phi) is 3.33. The molecule has 0 spiro atoms.